The Balaban J connectivity index is 1.49. The second-order valence-corrected chi connectivity index (χ2v) is 12.1. The molecular weight excluding hydrogens is 483 g/mol. The van der Waals surface area contributed by atoms with Crippen molar-refractivity contribution < 1.29 is 0 Å². The van der Waals surface area contributed by atoms with Gasteiger partial charge in [0.05, 0.1) is 5.69 Å². The Kier molecular flexibility index (Phi) is 3.62. The van der Waals surface area contributed by atoms with Crippen LogP contribution in [-0.4, -0.2) is 11.3 Å². The second-order valence-electron chi connectivity index (χ2n) is 12.1. The van der Waals surface area contributed by atoms with Crippen molar-refractivity contribution in [2.24, 2.45) is 0 Å². The van der Waals surface area contributed by atoms with Crippen LogP contribution in [0.3, 0.4) is 0 Å². The molecule has 186 valence electrons. The number of anilines is 3. The molecule has 0 bridgehead atoms. The average Bonchev–Trinajstić information content (AvgIpc) is 3.33. The highest BCUT2D eigenvalue weighted by Crippen LogP contribution is 2.54. The van der Waals surface area contributed by atoms with Gasteiger partial charge in [0.1, 0.15) is 0 Å². The second kappa shape index (κ2) is 6.87. The smallest absolute Gasteiger partial charge is 0.333 e. The minimum atomic E-state index is -0.101. The Bertz CT molecular complexity index is 2270. The van der Waals surface area contributed by atoms with E-state index < -0.39 is 0 Å². The lowest BCUT2D eigenvalue weighted by Gasteiger charge is -2.48. The lowest BCUT2D eigenvalue weighted by atomic mass is 9.44. The summed E-state index contributed by atoms with van der Waals surface area (Å²) in [5.74, 6) is 0. The molecule has 3 aliphatic heterocycles. The van der Waals surface area contributed by atoms with Crippen LogP contribution in [0.2, 0.25) is 0 Å². The maximum Gasteiger partial charge on any atom is 0.333 e. The number of para-hydroxylation sites is 4. The molecule has 7 aromatic rings. The van der Waals surface area contributed by atoms with Crippen molar-refractivity contribution in [2.75, 3.05) is 4.90 Å². The van der Waals surface area contributed by atoms with Gasteiger partial charge in [0.15, 0.2) is 0 Å². The number of fused-ring (bicyclic) bond motifs is 11. The van der Waals surface area contributed by atoms with Gasteiger partial charge < -0.3 is 9.38 Å². The third kappa shape index (κ3) is 2.24. The highest BCUT2D eigenvalue weighted by Gasteiger charge is 2.48. The number of hydrogen-bond acceptors (Lipinski definition) is 1. The molecule has 0 fully saturated rings. The molecule has 3 aliphatic rings. The largest absolute Gasteiger partial charge is 0.375 e. The van der Waals surface area contributed by atoms with Crippen LogP contribution in [0.5, 0.6) is 0 Å². The molecular formula is C37H25BN2. The first kappa shape index (κ1) is 21.1. The van der Waals surface area contributed by atoms with Gasteiger partial charge in [0.2, 0.25) is 0 Å². The molecule has 0 amide bonds. The van der Waals surface area contributed by atoms with Crippen molar-refractivity contribution in [2.45, 2.75) is 19.3 Å². The molecule has 4 heterocycles. The molecule has 0 N–H and O–H groups in total. The van der Waals surface area contributed by atoms with Crippen molar-refractivity contribution >= 4 is 67.4 Å². The van der Waals surface area contributed by atoms with Crippen LogP contribution in [-0.2, 0) is 5.41 Å². The molecule has 0 saturated carbocycles. The van der Waals surface area contributed by atoms with E-state index in [-0.39, 0.29) is 12.3 Å². The topological polar surface area (TPSA) is 8.17 Å². The maximum atomic E-state index is 2.65. The molecule has 10 rings (SSSR count). The molecule has 1 aromatic heterocycles. The first-order valence-electron chi connectivity index (χ1n) is 14.3. The van der Waals surface area contributed by atoms with E-state index >= 15 is 0 Å². The lowest BCUT2D eigenvalue weighted by molar-refractivity contribution is 0.632. The molecule has 6 aromatic carbocycles. The standard InChI is InChI=1S/C37H25BN2/c1-37(2)27-16-6-8-20-31(27)39-32-21-22-11-3-4-12-23(22)33-26-15-9-14-25-24-13-5-7-19-30(24)40(35(25)26)38(34(32)33)29-18-10-17-28(37)36(29)39/h3-21H,1-2H3. The summed E-state index contributed by atoms with van der Waals surface area (Å²) in [7, 11) is 0. The minimum Gasteiger partial charge on any atom is -0.375 e. The zero-order valence-electron chi connectivity index (χ0n) is 22.4. The van der Waals surface area contributed by atoms with Crippen LogP contribution in [0.15, 0.2) is 115 Å². The Morgan fingerprint density at radius 3 is 2.27 bits per heavy atom. The zero-order chi connectivity index (χ0) is 26.3. The molecule has 0 spiro atoms. The summed E-state index contributed by atoms with van der Waals surface area (Å²) in [4.78, 5) is 2.59. The highest BCUT2D eigenvalue weighted by atomic mass is 15.2. The molecule has 2 nitrogen and oxygen atoms in total. The predicted octanol–water partition coefficient (Wildman–Crippen LogP) is 8.00. The Hall–Kier alpha value is -4.76. The summed E-state index contributed by atoms with van der Waals surface area (Å²) in [5, 5.41) is 5.29. The van der Waals surface area contributed by atoms with Crippen LogP contribution in [0.25, 0.3) is 43.7 Å². The number of hydrogen-bond donors (Lipinski definition) is 0. The Labute approximate surface area is 233 Å². The number of rotatable bonds is 0. The van der Waals surface area contributed by atoms with E-state index in [0.29, 0.717) is 0 Å². The summed E-state index contributed by atoms with van der Waals surface area (Å²) in [5.41, 5.74) is 14.8. The van der Waals surface area contributed by atoms with Gasteiger partial charge in [-0.2, -0.15) is 0 Å². The Morgan fingerprint density at radius 1 is 0.625 bits per heavy atom. The molecule has 0 unspecified atom stereocenters. The molecule has 0 atom stereocenters. The molecule has 3 heteroatoms. The van der Waals surface area contributed by atoms with E-state index in [4.69, 9.17) is 0 Å². The number of nitrogens with zero attached hydrogens (tertiary/aromatic N) is 2. The quantitative estimate of drug-likeness (QED) is 0.189. The molecule has 40 heavy (non-hydrogen) atoms. The molecule has 0 saturated heterocycles. The van der Waals surface area contributed by atoms with E-state index in [0.717, 1.165) is 0 Å². The highest BCUT2D eigenvalue weighted by molar-refractivity contribution is 6.90. The lowest BCUT2D eigenvalue weighted by Crippen LogP contribution is -2.58. The van der Waals surface area contributed by atoms with Gasteiger partial charge >= 0.3 is 6.85 Å². The van der Waals surface area contributed by atoms with Gasteiger partial charge in [0.25, 0.3) is 0 Å². The van der Waals surface area contributed by atoms with E-state index in [1.165, 1.54) is 82.8 Å². The number of benzene rings is 6. The van der Waals surface area contributed by atoms with E-state index in [1.54, 1.807) is 0 Å². The van der Waals surface area contributed by atoms with Crippen molar-refractivity contribution in [1.29, 1.82) is 0 Å². The number of aromatic nitrogens is 1. The first-order valence-corrected chi connectivity index (χ1v) is 14.3. The van der Waals surface area contributed by atoms with Crippen LogP contribution < -0.4 is 15.8 Å². The summed E-state index contributed by atoms with van der Waals surface area (Å²) in [6.07, 6.45) is 0. The molecule has 0 aliphatic carbocycles. The van der Waals surface area contributed by atoms with Crippen molar-refractivity contribution in [3.05, 3.63) is 126 Å². The monoisotopic (exact) mass is 508 g/mol. The van der Waals surface area contributed by atoms with Crippen LogP contribution >= 0.6 is 0 Å². The first-order chi connectivity index (χ1) is 19.6. The van der Waals surface area contributed by atoms with Crippen LogP contribution in [0.4, 0.5) is 17.1 Å². The third-order valence-electron chi connectivity index (χ3n) is 9.92. The van der Waals surface area contributed by atoms with Gasteiger partial charge in [-0.3, -0.25) is 0 Å². The van der Waals surface area contributed by atoms with E-state index in [1.807, 2.05) is 0 Å². The van der Waals surface area contributed by atoms with Gasteiger partial charge in [-0.15, -0.1) is 0 Å². The summed E-state index contributed by atoms with van der Waals surface area (Å²) < 4.78 is 2.65. The molecule has 0 radical (unpaired) electrons. The zero-order valence-corrected chi connectivity index (χ0v) is 22.4. The fourth-order valence-corrected chi connectivity index (χ4v) is 8.30. The van der Waals surface area contributed by atoms with Gasteiger partial charge in [-0.25, -0.2) is 0 Å². The van der Waals surface area contributed by atoms with E-state index in [2.05, 4.69) is 138 Å². The maximum absolute atomic E-state index is 2.65. The van der Waals surface area contributed by atoms with Crippen molar-refractivity contribution in [3.63, 3.8) is 0 Å². The fraction of sp³-hybridized carbons (Fsp3) is 0.0811. The van der Waals surface area contributed by atoms with Gasteiger partial charge in [0, 0.05) is 44.2 Å². The van der Waals surface area contributed by atoms with Crippen molar-refractivity contribution in [3.8, 4) is 11.1 Å². The normalized spacial score (nSPS) is 15.3. The summed E-state index contributed by atoms with van der Waals surface area (Å²) in [6.45, 7) is 4.87. The van der Waals surface area contributed by atoms with Crippen molar-refractivity contribution in [1.82, 2.24) is 4.48 Å². The minimum absolute atomic E-state index is 0.0965. The Morgan fingerprint density at radius 2 is 1.35 bits per heavy atom. The van der Waals surface area contributed by atoms with E-state index in [9.17, 15) is 0 Å². The average molecular weight is 508 g/mol. The predicted molar refractivity (Wildman–Crippen MR) is 170 cm³/mol. The van der Waals surface area contributed by atoms with Crippen LogP contribution in [0.1, 0.15) is 25.0 Å². The third-order valence-corrected chi connectivity index (χ3v) is 9.92. The SMILES string of the molecule is CC1(C)c2ccccc2N2c3cc4ccccc4c4c3B(c3cccc1c32)n1c2ccccc2c2cccc-4c21. The summed E-state index contributed by atoms with van der Waals surface area (Å²) in [6, 6.07) is 43.4. The van der Waals surface area contributed by atoms with Gasteiger partial charge in [-0.1, -0.05) is 111 Å². The summed E-state index contributed by atoms with van der Waals surface area (Å²) >= 11 is 0. The van der Waals surface area contributed by atoms with Gasteiger partial charge in [-0.05, 0) is 56.6 Å². The fourth-order valence-electron chi connectivity index (χ4n) is 8.30. The van der Waals surface area contributed by atoms with Crippen LogP contribution in [0, 0.1) is 0 Å².